The van der Waals surface area contributed by atoms with Crippen LogP contribution in [-0.2, 0) is 0 Å². The van der Waals surface area contributed by atoms with Crippen LogP contribution in [0.4, 0.5) is 0 Å². The smallest absolute Gasteiger partial charge is 0.0152 e. The summed E-state index contributed by atoms with van der Waals surface area (Å²) in [5.74, 6) is 5.44. The zero-order valence-corrected chi connectivity index (χ0v) is 11.4. The van der Waals surface area contributed by atoms with Crippen molar-refractivity contribution in [1.82, 2.24) is 5.32 Å². The molecule has 1 nitrogen and oxygen atoms in total. The third kappa shape index (κ3) is 1.54. The lowest BCUT2D eigenvalue weighted by atomic mass is 9.49. The van der Waals surface area contributed by atoms with Crippen LogP contribution in [0.1, 0.15) is 52.4 Å². The van der Waals surface area contributed by atoms with Gasteiger partial charge in [-0.15, -0.1) is 0 Å². The highest BCUT2D eigenvalue weighted by Crippen LogP contribution is 2.59. The van der Waals surface area contributed by atoms with Gasteiger partial charge in [0, 0.05) is 6.04 Å². The van der Waals surface area contributed by atoms with Crippen molar-refractivity contribution in [3.8, 4) is 0 Å². The minimum atomic E-state index is 0.556. The van der Waals surface area contributed by atoms with E-state index >= 15 is 0 Å². The van der Waals surface area contributed by atoms with Gasteiger partial charge in [0.25, 0.3) is 0 Å². The van der Waals surface area contributed by atoms with Crippen LogP contribution in [0.25, 0.3) is 0 Å². The van der Waals surface area contributed by atoms with Gasteiger partial charge in [0.05, 0.1) is 0 Å². The first kappa shape index (κ1) is 10.8. The molecule has 4 bridgehead atoms. The molecule has 4 aliphatic carbocycles. The SMILES string of the molecule is CC1(C)CCNC1C1C2CC3CC(C2)CC1C3. The van der Waals surface area contributed by atoms with Crippen LogP contribution in [-0.4, -0.2) is 12.6 Å². The molecule has 0 aromatic heterocycles. The molecule has 5 aliphatic rings. The van der Waals surface area contributed by atoms with Gasteiger partial charge in [-0.2, -0.15) is 0 Å². The van der Waals surface area contributed by atoms with E-state index in [0.29, 0.717) is 5.41 Å². The molecule has 0 aromatic carbocycles. The zero-order valence-electron chi connectivity index (χ0n) is 11.4. The van der Waals surface area contributed by atoms with Crippen molar-refractivity contribution in [3.63, 3.8) is 0 Å². The van der Waals surface area contributed by atoms with Crippen molar-refractivity contribution in [1.29, 1.82) is 0 Å². The minimum Gasteiger partial charge on any atom is -0.313 e. The number of hydrogen-bond acceptors (Lipinski definition) is 1. The number of hydrogen-bond donors (Lipinski definition) is 1. The molecular weight excluding hydrogens is 206 g/mol. The van der Waals surface area contributed by atoms with Gasteiger partial charge >= 0.3 is 0 Å². The van der Waals surface area contributed by atoms with E-state index in [1.165, 1.54) is 13.0 Å². The molecule has 1 unspecified atom stereocenters. The van der Waals surface area contributed by atoms with E-state index in [9.17, 15) is 0 Å². The summed E-state index contributed by atoms with van der Waals surface area (Å²) in [6, 6.07) is 0.831. The van der Waals surface area contributed by atoms with Crippen LogP contribution >= 0.6 is 0 Å². The van der Waals surface area contributed by atoms with Crippen molar-refractivity contribution in [3.05, 3.63) is 0 Å². The quantitative estimate of drug-likeness (QED) is 0.731. The summed E-state index contributed by atoms with van der Waals surface area (Å²) >= 11 is 0. The molecule has 96 valence electrons. The Balaban J connectivity index is 1.62. The topological polar surface area (TPSA) is 12.0 Å². The summed E-state index contributed by atoms with van der Waals surface area (Å²) in [6.07, 6.45) is 9.28. The predicted molar refractivity (Wildman–Crippen MR) is 70.7 cm³/mol. The summed E-state index contributed by atoms with van der Waals surface area (Å²) in [6.45, 7) is 6.27. The molecule has 17 heavy (non-hydrogen) atoms. The Morgan fingerprint density at radius 3 is 1.94 bits per heavy atom. The Hall–Kier alpha value is -0.0400. The molecule has 1 atom stereocenters. The van der Waals surface area contributed by atoms with E-state index in [0.717, 1.165) is 35.6 Å². The normalized spacial score (nSPS) is 55.4. The van der Waals surface area contributed by atoms with Crippen molar-refractivity contribution in [2.75, 3.05) is 6.54 Å². The van der Waals surface area contributed by atoms with Gasteiger partial charge in [-0.05, 0) is 80.1 Å². The molecule has 0 spiro atoms. The van der Waals surface area contributed by atoms with Crippen LogP contribution < -0.4 is 5.32 Å². The standard InChI is InChI=1S/C16H27N/c1-16(2)3-4-17-15(16)14-12-6-10-5-11(8-12)9-13(14)7-10/h10-15,17H,3-9H2,1-2H3. The molecular formula is C16H27N. The van der Waals surface area contributed by atoms with E-state index in [4.69, 9.17) is 0 Å². The van der Waals surface area contributed by atoms with Gasteiger partial charge in [-0.25, -0.2) is 0 Å². The Morgan fingerprint density at radius 2 is 1.47 bits per heavy atom. The van der Waals surface area contributed by atoms with Crippen molar-refractivity contribution in [2.24, 2.45) is 35.0 Å². The lowest BCUT2D eigenvalue weighted by Gasteiger charge is -2.57. The van der Waals surface area contributed by atoms with Gasteiger partial charge in [-0.3, -0.25) is 0 Å². The largest absolute Gasteiger partial charge is 0.313 e. The van der Waals surface area contributed by atoms with Crippen LogP contribution in [0.3, 0.4) is 0 Å². The lowest BCUT2D eigenvalue weighted by Crippen LogP contribution is -2.54. The molecule has 5 fully saturated rings. The Kier molecular flexibility index (Phi) is 2.23. The second-order valence-electron chi connectivity index (χ2n) is 8.18. The second kappa shape index (κ2) is 3.50. The molecule has 1 heterocycles. The summed E-state index contributed by atoms with van der Waals surface area (Å²) in [5.41, 5.74) is 0.556. The fourth-order valence-electron chi connectivity index (χ4n) is 6.15. The van der Waals surface area contributed by atoms with E-state index in [2.05, 4.69) is 19.2 Å². The average Bonchev–Trinajstić information content (AvgIpc) is 2.57. The van der Waals surface area contributed by atoms with Crippen molar-refractivity contribution in [2.45, 2.75) is 58.4 Å². The zero-order chi connectivity index (χ0) is 11.6. The molecule has 1 heteroatoms. The maximum absolute atomic E-state index is 3.87. The molecule has 4 saturated carbocycles. The molecule has 1 aliphatic heterocycles. The first-order valence-electron chi connectivity index (χ1n) is 7.87. The van der Waals surface area contributed by atoms with E-state index in [1.807, 2.05) is 0 Å². The van der Waals surface area contributed by atoms with Crippen LogP contribution in [0.2, 0.25) is 0 Å². The molecule has 1 N–H and O–H groups in total. The maximum Gasteiger partial charge on any atom is 0.0152 e. The number of rotatable bonds is 1. The lowest BCUT2D eigenvalue weighted by molar-refractivity contribution is -0.0627. The highest BCUT2D eigenvalue weighted by Gasteiger charge is 2.53. The Bertz CT molecular complexity index is 291. The van der Waals surface area contributed by atoms with Gasteiger partial charge < -0.3 is 5.32 Å². The van der Waals surface area contributed by atoms with E-state index < -0.39 is 0 Å². The van der Waals surface area contributed by atoms with Gasteiger partial charge in [0.15, 0.2) is 0 Å². The third-order valence-electron chi connectivity index (χ3n) is 6.66. The van der Waals surface area contributed by atoms with Gasteiger partial charge in [-0.1, -0.05) is 13.8 Å². The first-order chi connectivity index (χ1) is 8.13. The van der Waals surface area contributed by atoms with Gasteiger partial charge in [0.1, 0.15) is 0 Å². The van der Waals surface area contributed by atoms with Crippen molar-refractivity contribution < 1.29 is 0 Å². The Labute approximate surface area is 106 Å². The fraction of sp³-hybridized carbons (Fsp3) is 1.00. The maximum atomic E-state index is 3.87. The summed E-state index contributed by atoms with van der Waals surface area (Å²) in [7, 11) is 0. The minimum absolute atomic E-state index is 0.556. The summed E-state index contributed by atoms with van der Waals surface area (Å²) in [4.78, 5) is 0. The van der Waals surface area contributed by atoms with Crippen LogP contribution in [0.5, 0.6) is 0 Å². The van der Waals surface area contributed by atoms with Crippen LogP contribution in [0, 0.1) is 35.0 Å². The van der Waals surface area contributed by atoms with E-state index in [1.54, 1.807) is 32.1 Å². The first-order valence-corrected chi connectivity index (χ1v) is 7.87. The molecule has 0 amide bonds. The molecule has 5 rings (SSSR count). The average molecular weight is 233 g/mol. The summed E-state index contributed by atoms with van der Waals surface area (Å²) < 4.78 is 0. The Morgan fingerprint density at radius 1 is 0.882 bits per heavy atom. The van der Waals surface area contributed by atoms with E-state index in [-0.39, 0.29) is 0 Å². The number of nitrogens with one attached hydrogen (secondary N) is 1. The highest BCUT2D eigenvalue weighted by atomic mass is 15.0. The second-order valence-corrected chi connectivity index (χ2v) is 8.18. The predicted octanol–water partition coefficient (Wildman–Crippen LogP) is 3.45. The third-order valence-corrected chi connectivity index (χ3v) is 6.66. The molecule has 1 saturated heterocycles. The molecule has 0 aromatic rings. The monoisotopic (exact) mass is 233 g/mol. The molecule has 0 radical (unpaired) electrons. The van der Waals surface area contributed by atoms with Crippen molar-refractivity contribution >= 4 is 0 Å². The summed E-state index contributed by atoms with van der Waals surface area (Å²) in [5, 5.41) is 3.87. The highest BCUT2D eigenvalue weighted by molar-refractivity contribution is 5.06. The van der Waals surface area contributed by atoms with Gasteiger partial charge in [0.2, 0.25) is 0 Å². The fourth-order valence-corrected chi connectivity index (χ4v) is 6.15. The van der Waals surface area contributed by atoms with Crippen LogP contribution in [0.15, 0.2) is 0 Å².